The minimum absolute atomic E-state index is 0.0195. The van der Waals surface area contributed by atoms with Crippen LogP contribution in [0.1, 0.15) is 57.5 Å². The third-order valence-electron chi connectivity index (χ3n) is 7.57. The number of halogens is 3. The molecule has 4 aromatic carbocycles. The Morgan fingerprint density at radius 2 is 1.35 bits per heavy atom. The minimum Gasteiger partial charge on any atom is -0.490 e. The van der Waals surface area contributed by atoms with Crippen molar-refractivity contribution < 1.29 is 42.1 Å². The first-order chi connectivity index (χ1) is 22.0. The number of anilines is 1. The molecule has 5 rings (SSSR count). The summed E-state index contributed by atoms with van der Waals surface area (Å²) in [6, 6.07) is 24.5. The quantitative estimate of drug-likeness (QED) is 0.167. The van der Waals surface area contributed by atoms with Crippen molar-refractivity contribution in [1.82, 2.24) is 5.32 Å². The van der Waals surface area contributed by atoms with Crippen LogP contribution in [0, 0.1) is 0 Å². The van der Waals surface area contributed by atoms with Crippen LogP contribution in [0.2, 0.25) is 0 Å². The van der Waals surface area contributed by atoms with Gasteiger partial charge in [-0.3, -0.25) is 9.59 Å². The van der Waals surface area contributed by atoms with Crippen molar-refractivity contribution in [2.24, 2.45) is 0 Å². The molecule has 0 radical (unpaired) electrons. The van der Waals surface area contributed by atoms with Gasteiger partial charge in [0.1, 0.15) is 17.2 Å². The highest BCUT2D eigenvalue weighted by Crippen LogP contribution is 2.30. The van der Waals surface area contributed by atoms with Crippen molar-refractivity contribution in [1.29, 1.82) is 0 Å². The molecule has 0 aromatic heterocycles. The topological polar surface area (TPSA) is 114 Å². The molecule has 1 aliphatic rings. The third-order valence-corrected chi connectivity index (χ3v) is 7.57. The van der Waals surface area contributed by atoms with Gasteiger partial charge in [-0.05, 0) is 104 Å². The number of rotatable bonds is 10. The van der Waals surface area contributed by atoms with Gasteiger partial charge in [-0.1, -0.05) is 24.3 Å². The van der Waals surface area contributed by atoms with Gasteiger partial charge in [0.25, 0.3) is 5.91 Å². The lowest BCUT2D eigenvalue weighted by Crippen LogP contribution is -2.39. The summed E-state index contributed by atoms with van der Waals surface area (Å²) in [5.74, 6) is -0.00760. The number of carbonyl (C=O) groups excluding carboxylic acids is 2. The van der Waals surface area contributed by atoms with Gasteiger partial charge in [0, 0.05) is 11.6 Å². The SMILES string of the molecule is O=C(Cc1ccc(Oc2ccc(OC3CCC(NC(=O)c4ccc(C(F)(F)F)cc4)CC3)cc2)cc1)Nc1ccccc1C(=O)O. The van der Waals surface area contributed by atoms with Crippen molar-refractivity contribution in [3.8, 4) is 17.2 Å². The summed E-state index contributed by atoms with van der Waals surface area (Å²) in [4.78, 5) is 36.3. The van der Waals surface area contributed by atoms with Gasteiger partial charge in [-0.15, -0.1) is 0 Å². The largest absolute Gasteiger partial charge is 0.490 e. The first-order valence-corrected chi connectivity index (χ1v) is 14.7. The van der Waals surface area contributed by atoms with E-state index in [2.05, 4.69) is 10.6 Å². The first-order valence-electron chi connectivity index (χ1n) is 14.7. The highest BCUT2D eigenvalue weighted by Gasteiger charge is 2.30. The summed E-state index contributed by atoms with van der Waals surface area (Å²) < 4.78 is 50.3. The van der Waals surface area contributed by atoms with E-state index in [1.165, 1.54) is 18.2 Å². The van der Waals surface area contributed by atoms with Gasteiger partial charge in [0.05, 0.1) is 29.3 Å². The Kier molecular flexibility index (Phi) is 9.90. The van der Waals surface area contributed by atoms with Gasteiger partial charge in [-0.25, -0.2) is 4.79 Å². The molecule has 8 nitrogen and oxygen atoms in total. The summed E-state index contributed by atoms with van der Waals surface area (Å²) in [5.41, 5.74) is 0.386. The zero-order valence-electron chi connectivity index (χ0n) is 24.6. The zero-order valence-corrected chi connectivity index (χ0v) is 24.6. The Hall–Kier alpha value is -5.32. The Morgan fingerprint density at radius 1 is 0.761 bits per heavy atom. The number of carboxylic acid groups (broad SMARTS) is 1. The standard InChI is InChI=1S/C35H31F3N2O6/c36-35(37,38)24-9-7-23(8-10-24)33(42)39-25-11-15-27(16-12-25)46-29-19-17-28(18-20-29)45-26-13-5-22(6-14-26)21-32(41)40-31-4-2-1-3-30(31)34(43)44/h1-10,13-14,17-20,25,27H,11-12,15-16,21H2,(H,39,42)(H,40,41)(H,43,44). The van der Waals surface area contributed by atoms with Gasteiger partial charge in [-0.2, -0.15) is 13.2 Å². The van der Waals surface area contributed by atoms with Crippen molar-refractivity contribution in [3.05, 3.63) is 119 Å². The number of nitrogens with one attached hydrogen (secondary N) is 2. The van der Waals surface area contributed by atoms with Crippen LogP contribution in [0.25, 0.3) is 0 Å². The van der Waals surface area contributed by atoms with E-state index < -0.39 is 23.6 Å². The number of aromatic carboxylic acids is 1. The van der Waals surface area contributed by atoms with E-state index >= 15 is 0 Å². The maximum atomic E-state index is 12.8. The highest BCUT2D eigenvalue weighted by molar-refractivity contribution is 6.01. The molecule has 3 N–H and O–H groups in total. The lowest BCUT2D eigenvalue weighted by Gasteiger charge is -2.29. The van der Waals surface area contributed by atoms with Crippen LogP contribution in [0.3, 0.4) is 0 Å². The third kappa shape index (κ3) is 8.65. The fourth-order valence-corrected chi connectivity index (χ4v) is 5.15. The van der Waals surface area contributed by atoms with Crippen LogP contribution in [0.15, 0.2) is 97.1 Å². The molecule has 0 saturated heterocycles. The van der Waals surface area contributed by atoms with E-state index in [-0.39, 0.29) is 41.3 Å². The molecule has 0 aliphatic heterocycles. The van der Waals surface area contributed by atoms with Crippen molar-refractivity contribution in [2.45, 2.75) is 50.4 Å². The molecule has 46 heavy (non-hydrogen) atoms. The average molecular weight is 633 g/mol. The number of hydrogen-bond acceptors (Lipinski definition) is 5. The summed E-state index contributed by atoms with van der Waals surface area (Å²) >= 11 is 0. The minimum atomic E-state index is -4.45. The van der Waals surface area contributed by atoms with Crippen LogP contribution in [-0.4, -0.2) is 35.0 Å². The highest BCUT2D eigenvalue weighted by atomic mass is 19.4. The summed E-state index contributed by atoms with van der Waals surface area (Å²) in [6.07, 6.45) is -1.61. The molecule has 0 heterocycles. The number of hydrogen-bond donors (Lipinski definition) is 3. The zero-order chi connectivity index (χ0) is 32.7. The molecule has 0 bridgehead atoms. The smallest absolute Gasteiger partial charge is 0.416 e. The fraction of sp³-hybridized carbons (Fsp3) is 0.229. The molecular weight excluding hydrogens is 601 g/mol. The lowest BCUT2D eigenvalue weighted by atomic mass is 9.92. The van der Waals surface area contributed by atoms with Crippen LogP contribution in [-0.2, 0) is 17.4 Å². The van der Waals surface area contributed by atoms with E-state index in [9.17, 15) is 32.7 Å². The molecule has 11 heteroatoms. The van der Waals surface area contributed by atoms with Gasteiger partial charge >= 0.3 is 12.1 Å². The molecule has 4 aromatic rings. The Morgan fingerprint density at radius 3 is 1.96 bits per heavy atom. The predicted octanol–water partition coefficient (Wildman–Crippen LogP) is 7.50. The summed E-state index contributed by atoms with van der Waals surface area (Å²) in [6.45, 7) is 0. The first kappa shape index (κ1) is 32.1. The maximum absolute atomic E-state index is 12.8. The fourth-order valence-electron chi connectivity index (χ4n) is 5.15. The Bertz CT molecular complexity index is 1660. The Labute approximate surface area is 263 Å². The van der Waals surface area contributed by atoms with Gasteiger partial charge < -0.3 is 25.2 Å². The number of amides is 2. The molecule has 1 saturated carbocycles. The summed E-state index contributed by atoms with van der Waals surface area (Å²) in [5, 5.41) is 14.8. The van der Waals surface area contributed by atoms with Crippen LogP contribution in [0.5, 0.6) is 17.2 Å². The van der Waals surface area contributed by atoms with Crippen molar-refractivity contribution >= 4 is 23.5 Å². The monoisotopic (exact) mass is 632 g/mol. The van der Waals surface area contributed by atoms with Crippen LogP contribution >= 0.6 is 0 Å². The van der Waals surface area contributed by atoms with E-state index in [1.54, 1.807) is 54.6 Å². The normalized spacial score (nSPS) is 16.2. The predicted molar refractivity (Wildman–Crippen MR) is 164 cm³/mol. The number of carboxylic acids is 1. The molecule has 2 amide bonds. The number of alkyl halides is 3. The lowest BCUT2D eigenvalue weighted by molar-refractivity contribution is -0.137. The molecule has 1 aliphatic carbocycles. The van der Waals surface area contributed by atoms with Gasteiger partial charge in [0.2, 0.25) is 5.91 Å². The van der Waals surface area contributed by atoms with Crippen LogP contribution < -0.4 is 20.1 Å². The molecular formula is C35H31F3N2O6. The number of benzene rings is 4. The molecule has 0 unspecified atom stereocenters. The summed E-state index contributed by atoms with van der Waals surface area (Å²) in [7, 11) is 0. The second-order valence-corrected chi connectivity index (χ2v) is 10.9. The Balaban J connectivity index is 1.05. The van der Waals surface area contributed by atoms with Crippen molar-refractivity contribution in [2.75, 3.05) is 5.32 Å². The maximum Gasteiger partial charge on any atom is 0.416 e. The second-order valence-electron chi connectivity index (χ2n) is 10.9. The second kappa shape index (κ2) is 14.2. The van der Waals surface area contributed by atoms with E-state index in [4.69, 9.17) is 9.47 Å². The molecule has 1 fully saturated rings. The molecule has 0 atom stereocenters. The van der Waals surface area contributed by atoms with E-state index in [0.717, 1.165) is 17.7 Å². The number of para-hydroxylation sites is 1. The van der Waals surface area contributed by atoms with Crippen LogP contribution in [0.4, 0.5) is 18.9 Å². The van der Waals surface area contributed by atoms with Gasteiger partial charge in [0.15, 0.2) is 0 Å². The van der Waals surface area contributed by atoms with E-state index in [1.807, 2.05) is 12.1 Å². The number of ether oxygens (including phenoxy) is 2. The molecule has 238 valence electrons. The molecule has 0 spiro atoms. The van der Waals surface area contributed by atoms with Crippen molar-refractivity contribution in [3.63, 3.8) is 0 Å². The van der Waals surface area contributed by atoms with E-state index in [0.29, 0.717) is 42.9 Å². The average Bonchev–Trinajstić information content (AvgIpc) is 3.03. The number of carbonyl (C=O) groups is 3.